The Morgan fingerprint density at radius 1 is 0.565 bits per heavy atom. The second-order valence-electron chi connectivity index (χ2n) is 14.3. The van der Waals surface area contributed by atoms with Crippen molar-refractivity contribution >= 4 is 76.0 Å². The summed E-state index contributed by atoms with van der Waals surface area (Å²) in [5.41, 5.74) is 6.99. The third kappa shape index (κ3) is 2.97. The van der Waals surface area contributed by atoms with Crippen LogP contribution in [-0.2, 0) is 0 Å². The predicted molar refractivity (Wildman–Crippen MR) is 197 cm³/mol. The molecule has 1 nitrogen and oxygen atoms in total. The molecule has 0 amide bonds. The van der Waals surface area contributed by atoms with E-state index in [4.69, 9.17) is 0 Å². The lowest BCUT2D eigenvalue weighted by atomic mass is 9.81. The smallest absolute Gasteiger partial charge is 0.0495 e. The van der Waals surface area contributed by atoms with Gasteiger partial charge in [-0.15, -0.1) is 0 Å². The van der Waals surface area contributed by atoms with Crippen LogP contribution >= 0.6 is 0 Å². The molecular weight excluding hydrogens is 555 g/mol. The molecule has 1 saturated carbocycles. The summed E-state index contributed by atoms with van der Waals surface area (Å²) in [5, 5.41) is 16.4. The normalized spacial score (nSPS) is 21.1. The molecule has 0 saturated heterocycles. The number of hydrogen-bond acceptors (Lipinski definition) is 1. The van der Waals surface area contributed by atoms with Gasteiger partial charge < -0.3 is 4.90 Å². The van der Waals surface area contributed by atoms with Crippen LogP contribution in [0.3, 0.4) is 0 Å². The number of hydrogen-bond donors (Lipinski definition) is 0. The highest BCUT2D eigenvalue weighted by Gasteiger charge is 2.54. The van der Waals surface area contributed by atoms with Crippen molar-refractivity contribution in [3.63, 3.8) is 0 Å². The van der Waals surface area contributed by atoms with Crippen LogP contribution in [0.2, 0.25) is 0 Å². The fraction of sp³-hybridized carbons (Fsp3) is 0.156. The second kappa shape index (κ2) is 8.56. The van der Waals surface area contributed by atoms with Crippen LogP contribution in [0.5, 0.6) is 0 Å². The van der Waals surface area contributed by atoms with Crippen molar-refractivity contribution in [2.45, 2.75) is 38.1 Å². The van der Waals surface area contributed by atoms with Crippen LogP contribution in [0, 0.1) is 5.92 Å². The van der Waals surface area contributed by atoms with E-state index in [1.165, 1.54) is 106 Å². The molecule has 1 heterocycles. The Labute approximate surface area is 268 Å². The number of fused-ring (bicyclic) bond motifs is 9. The number of para-hydroxylation sites is 1. The first-order valence-corrected chi connectivity index (χ1v) is 16.9. The van der Waals surface area contributed by atoms with Gasteiger partial charge in [-0.2, -0.15) is 0 Å². The van der Waals surface area contributed by atoms with Crippen molar-refractivity contribution in [3.8, 4) is 11.1 Å². The lowest BCUT2D eigenvalue weighted by molar-refractivity contribution is 0.414. The molecule has 1 fully saturated rings. The van der Waals surface area contributed by atoms with Crippen LogP contribution in [0.25, 0.3) is 75.8 Å². The van der Waals surface area contributed by atoms with Crippen molar-refractivity contribution in [2.24, 2.45) is 5.92 Å². The van der Waals surface area contributed by atoms with Gasteiger partial charge in [-0.05, 0) is 143 Å². The first-order chi connectivity index (χ1) is 22.6. The molecule has 0 spiro atoms. The zero-order chi connectivity index (χ0) is 30.3. The standard InChI is InChI=1S/C45H33N/c1-26-21-22-45(2)44(26)40-23-28(17-20-41(40)46(45)29-11-4-3-5-12-29)30-18-19-35-39-25-37-33-14-7-10-27-9-6-13-32(42(27)33)36(37)24-38(39)34-16-8-15-31(30)43(34)35/h3-20,23-26,44H,21-22H2,1-2H3. The molecule has 0 bridgehead atoms. The molecule has 218 valence electrons. The minimum atomic E-state index is 0.106. The molecule has 46 heavy (non-hydrogen) atoms. The Hall–Kier alpha value is -5.14. The molecule has 1 aliphatic carbocycles. The third-order valence-electron chi connectivity index (χ3n) is 12.0. The van der Waals surface area contributed by atoms with E-state index in [9.17, 15) is 0 Å². The van der Waals surface area contributed by atoms with Gasteiger partial charge in [0.15, 0.2) is 0 Å². The van der Waals surface area contributed by atoms with E-state index in [1.54, 1.807) is 0 Å². The van der Waals surface area contributed by atoms with Crippen molar-refractivity contribution in [1.29, 1.82) is 0 Å². The monoisotopic (exact) mass is 587 g/mol. The minimum absolute atomic E-state index is 0.106. The zero-order valence-electron chi connectivity index (χ0n) is 26.1. The van der Waals surface area contributed by atoms with Crippen LogP contribution < -0.4 is 4.90 Å². The third-order valence-corrected chi connectivity index (χ3v) is 12.0. The van der Waals surface area contributed by atoms with E-state index < -0.39 is 0 Å². The van der Waals surface area contributed by atoms with E-state index in [1.807, 2.05) is 0 Å². The van der Waals surface area contributed by atoms with E-state index in [-0.39, 0.29) is 5.54 Å². The molecule has 0 radical (unpaired) electrons. The van der Waals surface area contributed by atoms with Crippen molar-refractivity contribution < 1.29 is 0 Å². The Morgan fingerprint density at radius 3 is 1.91 bits per heavy atom. The molecule has 0 aromatic heterocycles. The molecule has 1 aliphatic heterocycles. The first-order valence-electron chi connectivity index (χ1n) is 16.9. The van der Waals surface area contributed by atoms with E-state index in [0.717, 1.165) is 0 Å². The SMILES string of the molecule is CC1CCC2(C)C1c1cc(-c3ccc4c5cc6c(cc5c5cccc3c54)c3cccc4cccc6c43)ccc1N2c1ccccc1. The quantitative estimate of drug-likeness (QED) is 0.194. The van der Waals surface area contributed by atoms with Gasteiger partial charge in [-0.3, -0.25) is 0 Å². The zero-order valence-corrected chi connectivity index (χ0v) is 26.1. The van der Waals surface area contributed by atoms with E-state index in [2.05, 4.69) is 146 Å². The van der Waals surface area contributed by atoms with Gasteiger partial charge in [0.1, 0.15) is 0 Å². The summed E-state index contributed by atoms with van der Waals surface area (Å²) in [6, 6.07) is 48.6. The van der Waals surface area contributed by atoms with Gasteiger partial charge in [0.05, 0.1) is 0 Å². The summed E-state index contributed by atoms with van der Waals surface area (Å²) < 4.78 is 0. The van der Waals surface area contributed by atoms with Gasteiger partial charge in [0.2, 0.25) is 0 Å². The summed E-state index contributed by atoms with van der Waals surface area (Å²) in [4.78, 5) is 2.66. The number of benzene rings is 7. The molecule has 2 aliphatic rings. The van der Waals surface area contributed by atoms with Crippen molar-refractivity contribution in [2.75, 3.05) is 4.90 Å². The van der Waals surface area contributed by atoms with Gasteiger partial charge in [0, 0.05) is 22.8 Å². The molecule has 11 rings (SSSR count). The molecule has 0 N–H and O–H groups in total. The fourth-order valence-electron chi connectivity index (χ4n) is 10.2. The van der Waals surface area contributed by atoms with Gasteiger partial charge in [-0.1, -0.05) is 97.9 Å². The maximum Gasteiger partial charge on any atom is 0.0495 e. The second-order valence-corrected chi connectivity index (χ2v) is 14.3. The summed E-state index contributed by atoms with van der Waals surface area (Å²) >= 11 is 0. The Kier molecular flexibility index (Phi) is 4.67. The molecule has 3 atom stereocenters. The molecule has 9 aromatic rings. The molecule has 9 aromatic carbocycles. The van der Waals surface area contributed by atoms with E-state index in [0.29, 0.717) is 11.8 Å². The summed E-state index contributed by atoms with van der Waals surface area (Å²) in [6.07, 6.45) is 2.50. The minimum Gasteiger partial charge on any atom is -0.335 e. The number of nitrogens with zero attached hydrogens (tertiary/aromatic N) is 1. The summed E-state index contributed by atoms with van der Waals surface area (Å²) in [5.74, 6) is 1.19. The average molecular weight is 588 g/mol. The molecule has 3 unspecified atom stereocenters. The lowest BCUT2D eigenvalue weighted by Gasteiger charge is -2.38. The van der Waals surface area contributed by atoms with Crippen LogP contribution in [0.1, 0.15) is 38.2 Å². The Balaban J connectivity index is 1.14. The largest absolute Gasteiger partial charge is 0.335 e. The number of rotatable bonds is 2. The fourth-order valence-corrected chi connectivity index (χ4v) is 10.2. The van der Waals surface area contributed by atoms with Gasteiger partial charge in [-0.25, -0.2) is 0 Å². The first kappa shape index (κ1) is 25.1. The maximum atomic E-state index is 2.66. The van der Waals surface area contributed by atoms with Gasteiger partial charge in [0.25, 0.3) is 0 Å². The van der Waals surface area contributed by atoms with Crippen molar-refractivity contribution in [1.82, 2.24) is 0 Å². The summed E-state index contributed by atoms with van der Waals surface area (Å²) in [6.45, 7) is 4.97. The van der Waals surface area contributed by atoms with Crippen LogP contribution in [0.15, 0.2) is 127 Å². The average Bonchev–Trinajstić information content (AvgIpc) is 3.77. The lowest BCUT2D eigenvalue weighted by Crippen LogP contribution is -2.40. The van der Waals surface area contributed by atoms with E-state index >= 15 is 0 Å². The predicted octanol–water partition coefficient (Wildman–Crippen LogP) is 12.6. The molecule has 1 heteroatoms. The Bertz CT molecular complexity index is 2600. The highest BCUT2D eigenvalue weighted by molar-refractivity contribution is 6.38. The summed E-state index contributed by atoms with van der Waals surface area (Å²) in [7, 11) is 0. The highest BCUT2D eigenvalue weighted by atomic mass is 15.2. The highest BCUT2D eigenvalue weighted by Crippen LogP contribution is 2.61. The van der Waals surface area contributed by atoms with Crippen molar-refractivity contribution in [3.05, 3.63) is 133 Å². The topological polar surface area (TPSA) is 3.24 Å². The Morgan fingerprint density at radius 2 is 1.20 bits per heavy atom. The maximum absolute atomic E-state index is 2.66. The molecular formula is C45H33N. The number of anilines is 2. The van der Waals surface area contributed by atoms with Gasteiger partial charge >= 0.3 is 0 Å². The van der Waals surface area contributed by atoms with Crippen LogP contribution in [-0.4, -0.2) is 5.54 Å². The van der Waals surface area contributed by atoms with Crippen LogP contribution in [0.4, 0.5) is 11.4 Å².